The molecule has 2 N–H and O–H groups in total. The van der Waals surface area contributed by atoms with Gasteiger partial charge in [-0.3, -0.25) is 4.79 Å². The Labute approximate surface area is 127 Å². The zero-order valence-electron chi connectivity index (χ0n) is 11.1. The molecular weight excluding hydrogens is 318 g/mol. The van der Waals surface area contributed by atoms with E-state index < -0.39 is 27.9 Å². The van der Waals surface area contributed by atoms with Gasteiger partial charge in [0.05, 0.1) is 30.3 Å². The molecule has 0 bridgehead atoms. The quantitative estimate of drug-likeness (QED) is 0.804. The van der Waals surface area contributed by atoms with Crippen molar-refractivity contribution < 1.29 is 23.4 Å². The van der Waals surface area contributed by atoms with E-state index in [1.807, 2.05) is 0 Å². The molecule has 2 rings (SSSR count). The van der Waals surface area contributed by atoms with E-state index in [1.54, 1.807) is 12.1 Å². The Hall–Kier alpha value is -1.15. The normalized spacial score (nSPS) is 24.0. The number of halogens is 1. The smallest absolute Gasteiger partial charge is 0.254 e. The molecule has 6 nitrogen and oxygen atoms in total. The largest absolute Gasteiger partial charge is 0.395 e. The molecule has 21 heavy (non-hydrogen) atoms. The highest BCUT2D eigenvalue weighted by Gasteiger charge is 2.41. The number of benzene rings is 1. The lowest BCUT2D eigenvalue weighted by molar-refractivity contribution is 0.0451. The van der Waals surface area contributed by atoms with Gasteiger partial charge in [-0.15, -0.1) is 0 Å². The van der Waals surface area contributed by atoms with Crippen molar-refractivity contribution in [1.82, 2.24) is 4.90 Å². The van der Waals surface area contributed by atoms with Gasteiger partial charge in [-0.2, -0.15) is 0 Å². The summed E-state index contributed by atoms with van der Waals surface area (Å²) < 4.78 is 23.2. The van der Waals surface area contributed by atoms with Gasteiger partial charge in [-0.1, -0.05) is 11.6 Å². The Morgan fingerprint density at radius 1 is 1.29 bits per heavy atom. The lowest BCUT2D eigenvalue weighted by Crippen LogP contribution is -2.48. The average Bonchev–Trinajstić information content (AvgIpc) is 2.69. The summed E-state index contributed by atoms with van der Waals surface area (Å²) in [5, 5.41) is 19.5. The van der Waals surface area contributed by atoms with E-state index in [-0.39, 0.29) is 24.7 Å². The van der Waals surface area contributed by atoms with Crippen LogP contribution in [0.2, 0.25) is 5.02 Å². The Bertz CT molecular complexity index is 616. The van der Waals surface area contributed by atoms with Crippen molar-refractivity contribution in [3.8, 4) is 0 Å². The second-order valence-electron chi connectivity index (χ2n) is 4.94. The lowest BCUT2D eigenvalue weighted by Gasteiger charge is -2.29. The van der Waals surface area contributed by atoms with Gasteiger partial charge < -0.3 is 15.1 Å². The summed E-state index contributed by atoms with van der Waals surface area (Å²) in [5.41, 5.74) is 0.323. The number of amides is 1. The van der Waals surface area contributed by atoms with E-state index in [9.17, 15) is 18.3 Å². The first kappa shape index (κ1) is 16.2. The van der Waals surface area contributed by atoms with Gasteiger partial charge in [-0.05, 0) is 24.3 Å². The summed E-state index contributed by atoms with van der Waals surface area (Å²) >= 11 is 5.76. The van der Waals surface area contributed by atoms with Gasteiger partial charge >= 0.3 is 0 Å². The van der Waals surface area contributed by atoms with E-state index in [1.165, 1.54) is 17.0 Å². The Balaban J connectivity index is 2.26. The molecule has 116 valence electrons. The molecule has 0 spiro atoms. The van der Waals surface area contributed by atoms with Crippen molar-refractivity contribution >= 4 is 27.3 Å². The number of carbonyl (C=O) groups is 1. The van der Waals surface area contributed by atoms with Crippen LogP contribution in [-0.4, -0.2) is 66.2 Å². The first-order chi connectivity index (χ1) is 9.84. The van der Waals surface area contributed by atoms with E-state index in [0.29, 0.717) is 10.6 Å². The lowest BCUT2D eigenvalue weighted by atomic mass is 10.1. The van der Waals surface area contributed by atoms with E-state index >= 15 is 0 Å². The molecule has 1 fully saturated rings. The highest BCUT2D eigenvalue weighted by Crippen LogP contribution is 2.21. The van der Waals surface area contributed by atoms with Crippen LogP contribution in [0.5, 0.6) is 0 Å². The zero-order valence-corrected chi connectivity index (χ0v) is 12.7. The molecule has 1 saturated heterocycles. The molecule has 1 aliphatic rings. The standard InChI is InChI=1S/C13H16ClNO5S/c14-10-3-1-9(2-4-10)13(18)15(5-6-16)11-7-21(19,20)8-12(11)17/h1-4,11-12,16-17H,5-8H2/t11-,12+/m0/s1. The first-order valence-electron chi connectivity index (χ1n) is 6.40. The van der Waals surface area contributed by atoms with Crippen LogP contribution in [0.1, 0.15) is 10.4 Å². The van der Waals surface area contributed by atoms with Crippen LogP contribution in [0.25, 0.3) is 0 Å². The molecule has 8 heteroatoms. The Kier molecular flexibility index (Phi) is 4.88. The van der Waals surface area contributed by atoms with Gasteiger partial charge in [0.2, 0.25) is 0 Å². The van der Waals surface area contributed by atoms with Crippen LogP contribution >= 0.6 is 11.6 Å². The summed E-state index contributed by atoms with van der Waals surface area (Å²) in [5.74, 6) is -1.11. The van der Waals surface area contributed by atoms with E-state index in [4.69, 9.17) is 16.7 Å². The van der Waals surface area contributed by atoms with E-state index in [0.717, 1.165) is 0 Å². The third-order valence-electron chi connectivity index (χ3n) is 3.39. The number of sulfone groups is 1. The Morgan fingerprint density at radius 2 is 1.90 bits per heavy atom. The third-order valence-corrected chi connectivity index (χ3v) is 5.34. The van der Waals surface area contributed by atoms with Crippen molar-refractivity contribution in [2.75, 3.05) is 24.7 Å². The van der Waals surface area contributed by atoms with Crippen molar-refractivity contribution in [3.05, 3.63) is 34.9 Å². The third kappa shape index (κ3) is 3.74. The fourth-order valence-corrected chi connectivity index (χ4v) is 4.32. The minimum absolute atomic E-state index is 0.0429. The molecule has 1 amide bonds. The molecule has 0 aliphatic carbocycles. The average molecular weight is 334 g/mol. The number of hydrogen-bond acceptors (Lipinski definition) is 5. The fourth-order valence-electron chi connectivity index (χ4n) is 2.39. The zero-order chi connectivity index (χ0) is 15.6. The Morgan fingerprint density at radius 3 is 2.38 bits per heavy atom. The minimum atomic E-state index is -3.38. The second-order valence-corrected chi connectivity index (χ2v) is 7.53. The fraction of sp³-hybridized carbons (Fsp3) is 0.462. The molecule has 0 unspecified atom stereocenters. The van der Waals surface area contributed by atoms with Gasteiger partial charge in [0.1, 0.15) is 0 Å². The highest BCUT2D eigenvalue weighted by atomic mass is 35.5. The first-order valence-corrected chi connectivity index (χ1v) is 8.60. The molecular formula is C13H16ClNO5S. The van der Waals surface area contributed by atoms with Gasteiger partial charge in [0.15, 0.2) is 9.84 Å². The van der Waals surface area contributed by atoms with Gasteiger partial charge in [0.25, 0.3) is 5.91 Å². The van der Waals surface area contributed by atoms with Gasteiger partial charge in [-0.25, -0.2) is 8.42 Å². The topological polar surface area (TPSA) is 94.9 Å². The molecule has 1 aromatic carbocycles. The van der Waals surface area contributed by atoms with Crippen LogP contribution in [0.3, 0.4) is 0 Å². The maximum Gasteiger partial charge on any atom is 0.254 e. The maximum absolute atomic E-state index is 12.5. The predicted molar refractivity (Wildman–Crippen MR) is 78.0 cm³/mol. The van der Waals surface area contributed by atoms with Gasteiger partial charge in [0, 0.05) is 17.1 Å². The predicted octanol–water partition coefficient (Wildman–Crippen LogP) is -0.0676. The minimum Gasteiger partial charge on any atom is -0.395 e. The number of carbonyl (C=O) groups excluding carboxylic acids is 1. The van der Waals surface area contributed by atoms with Crippen LogP contribution in [0, 0.1) is 0 Å². The van der Waals surface area contributed by atoms with Crippen LogP contribution in [0.4, 0.5) is 0 Å². The second kappa shape index (κ2) is 6.31. The summed E-state index contributed by atoms with van der Waals surface area (Å²) in [4.78, 5) is 13.7. The molecule has 1 aliphatic heterocycles. The number of aliphatic hydroxyl groups is 2. The molecule has 1 heterocycles. The molecule has 2 atom stereocenters. The monoisotopic (exact) mass is 333 g/mol. The highest BCUT2D eigenvalue weighted by molar-refractivity contribution is 7.91. The van der Waals surface area contributed by atoms with Crippen molar-refractivity contribution in [2.45, 2.75) is 12.1 Å². The molecule has 1 aromatic rings. The summed E-state index contributed by atoms with van der Waals surface area (Å²) in [7, 11) is -3.38. The molecule has 0 radical (unpaired) electrons. The SMILES string of the molecule is O=C(c1ccc(Cl)cc1)N(CCO)[C@H]1CS(=O)(=O)C[C@H]1O. The number of aliphatic hydroxyl groups excluding tert-OH is 2. The molecule has 0 saturated carbocycles. The number of nitrogens with zero attached hydrogens (tertiary/aromatic N) is 1. The number of rotatable bonds is 4. The number of hydrogen-bond donors (Lipinski definition) is 2. The van der Waals surface area contributed by atoms with Crippen LogP contribution in [0.15, 0.2) is 24.3 Å². The molecule has 0 aromatic heterocycles. The van der Waals surface area contributed by atoms with Crippen molar-refractivity contribution in [2.24, 2.45) is 0 Å². The van der Waals surface area contributed by atoms with Crippen molar-refractivity contribution in [3.63, 3.8) is 0 Å². The summed E-state index contributed by atoms with van der Waals surface area (Å²) in [6.45, 7) is -0.360. The van der Waals surface area contributed by atoms with Crippen molar-refractivity contribution in [1.29, 1.82) is 0 Å². The summed E-state index contributed by atoms with van der Waals surface area (Å²) in [6, 6.07) is 5.29. The van der Waals surface area contributed by atoms with Crippen LogP contribution in [-0.2, 0) is 9.84 Å². The maximum atomic E-state index is 12.5. The van der Waals surface area contributed by atoms with Crippen LogP contribution < -0.4 is 0 Å². The van der Waals surface area contributed by atoms with E-state index in [2.05, 4.69) is 0 Å². The summed E-state index contributed by atoms with van der Waals surface area (Å²) in [6.07, 6.45) is -1.14.